The number of hydrogen-bond donors (Lipinski definition) is 1. The molecule has 2 heterocycles. The maximum Gasteiger partial charge on any atom is 0.325 e. The lowest BCUT2D eigenvalue weighted by Gasteiger charge is -2.42. The molecule has 7 heteroatoms. The normalized spacial score (nSPS) is 27.9. The number of nitrogens with zero attached hydrogens (tertiary/aromatic N) is 2. The van der Waals surface area contributed by atoms with E-state index in [1.54, 1.807) is 7.11 Å². The Morgan fingerprint density at radius 3 is 2.42 bits per heavy atom. The molecule has 1 aromatic carbocycles. The van der Waals surface area contributed by atoms with Gasteiger partial charge in [0, 0.05) is 6.54 Å². The molecule has 3 aliphatic rings. The Bertz CT molecular complexity index is 903. The van der Waals surface area contributed by atoms with Crippen LogP contribution >= 0.6 is 0 Å². The van der Waals surface area contributed by atoms with Crippen LogP contribution in [0.1, 0.15) is 77.3 Å². The molecule has 1 aromatic rings. The third-order valence-electron chi connectivity index (χ3n) is 8.47. The van der Waals surface area contributed by atoms with E-state index in [-0.39, 0.29) is 29.8 Å². The molecule has 0 aromatic heterocycles. The Morgan fingerprint density at radius 2 is 1.82 bits per heavy atom. The molecule has 2 saturated heterocycles. The van der Waals surface area contributed by atoms with E-state index in [2.05, 4.69) is 26.1 Å². The largest absolute Gasteiger partial charge is 0.497 e. The van der Waals surface area contributed by atoms with Crippen molar-refractivity contribution in [2.75, 3.05) is 20.2 Å². The monoisotopic (exact) mass is 455 g/mol. The smallest absolute Gasteiger partial charge is 0.325 e. The van der Waals surface area contributed by atoms with Crippen molar-refractivity contribution >= 4 is 17.8 Å². The number of rotatable bonds is 6. The molecule has 7 nitrogen and oxygen atoms in total. The Hall–Kier alpha value is -2.57. The predicted octanol–water partition coefficient (Wildman–Crippen LogP) is 4.28. The van der Waals surface area contributed by atoms with Crippen LogP contribution in [0, 0.1) is 11.3 Å². The zero-order valence-electron chi connectivity index (χ0n) is 20.4. The predicted molar refractivity (Wildman–Crippen MR) is 126 cm³/mol. The number of amides is 4. The van der Waals surface area contributed by atoms with Gasteiger partial charge in [0.25, 0.3) is 5.91 Å². The Labute approximate surface area is 196 Å². The standard InChI is InChI=1S/C26H37N3O4/c1-5-25(2,3)19-12-14-26(15-13-19)23(31)29(24(32)27-26)17-22(30)28-16-6-7-21(28)18-8-10-20(33-4)11-9-18/h8-11,19,21H,5-7,12-17H2,1-4H3,(H,27,32). The van der Waals surface area contributed by atoms with Gasteiger partial charge >= 0.3 is 6.03 Å². The highest BCUT2D eigenvalue weighted by molar-refractivity contribution is 6.09. The van der Waals surface area contributed by atoms with Gasteiger partial charge in [-0.1, -0.05) is 39.3 Å². The van der Waals surface area contributed by atoms with Crippen molar-refractivity contribution in [3.8, 4) is 5.75 Å². The lowest BCUT2D eigenvalue weighted by atomic mass is 9.65. The molecular weight excluding hydrogens is 418 g/mol. The van der Waals surface area contributed by atoms with Gasteiger partial charge in [0.15, 0.2) is 0 Å². The summed E-state index contributed by atoms with van der Waals surface area (Å²) in [4.78, 5) is 42.3. The highest BCUT2D eigenvalue weighted by atomic mass is 16.5. The number of benzene rings is 1. The van der Waals surface area contributed by atoms with E-state index < -0.39 is 11.6 Å². The first kappa shape index (κ1) is 23.6. The molecule has 1 atom stereocenters. The van der Waals surface area contributed by atoms with Gasteiger partial charge in [-0.15, -0.1) is 0 Å². The molecule has 3 fully saturated rings. The summed E-state index contributed by atoms with van der Waals surface area (Å²) in [7, 11) is 1.63. The van der Waals surface area contributed by atoms with Crippen LogP contribution in [0.2, 0.25) is 0 Å². The zero-order valence-corrected chi connectivity index (χ0v) is 20.4. The van der Waals surface area contributed by atoms with Gasteiger partial charge in [-0.25, -0.2) is 4.79 Å². The minimum atomic E-state index is -0.835. The zero-order chi connectivity index (χ0) is 23.8. The third kappa shape index (κ3) is 4.34. The number of methoxy groups -OCH3 is 1. The molecule has 33 heavy (non-hydrogen) atoms. The number of hydrogen-bond acceptors (Lipinski definition) is 4. The fourth-order valence-electron chi connectivity index (χ4n) is 5.80. The van der Waals surface area contributed by atoms with E-state index in [1.165, 1.54) is 0 Å². The van der Waals surface area contributed by atoms with Crippen molar-refractivity contribution < 1.29 is 19.1 Å². The number of carbonyl (C=O) groups excluding carboxylic acids is 3. The molecule has 1 N–H and O–H groups in total. The minimum absolute atomic E-state index is 0.0372. The van der Waals surface area contributed by atoms with Crippen LogP contribution in [0.25, 0.3) is 0 Å². The summed E-state index contributed by atoms with van der Waals surface area (Å²) in [5.74, 6) is 0.920. The fourth-order valence-corrected chi connectivity index (χ4v) is 5.80. The quantitative estimate of drug-likeness (QED) is 0.650. The SMILES string of the molecule is CCC(C)(C)C1CCC2(CC1)NC(=O)N(CC(=O)N1CCCC1c1ccc(OC)cc1)C2=O. The molecule has 0 bridgehead atoms. The van der Waals surface area contributed by atoms with E-state index in [4.69, 9.17) is 4.74 Å². The van der Waals surface area contributed by atoms with Crippen LogP contribution in [0.15, 0.2) is 24.3 Å². The highest BCUT2D eigenvalue weighted by Crippen LogP contribution is 2.45. The van der Waals surface area contributed by atoms with Crippen molar-refractivity contribution in [2.45, 2.75) is 77.3 Å². The molecule has 4 rings (SSSR count). The van der Waals surface area contributed by atoms with Crippen molar-refractivity contribution in [2.24, 2.45) is 11.3 Å². The van der Waals surface area contributed by atoms with E-state index in [1.807, 2.05) is 29.2 Å². The maximum absolute atomic E-state index is 13.3. The summed E-state index contributed by atoms with van der Waals surface area (Å²) >= 11 is 0. The van der Waals surface area contributed by atoms with Gasteiger partial charge < -0.3 is 15.0 Å². The summed E-state index contributed by atoms with van der Waals surface area (Å²) in [5.41, 5.74) is 0.444. The Morgan fingerprint density at radius 1 is 1.15 bits per heavy atom. The molecule has 1 unspecified atom stereocenters. The van der Waals surface area contributed by atoms with Gasteiger partial charge in [-0.05, 0) is 67.6 Å². The van der Waals surface area contributed by atoms with Crippen LogP contribution in [0.4, 0.5) is 4.79 Å². The number of ether oxygens (including phenoxy) is 1. The van der Waals surface area contributed by atoms with Gasteiger partial charge in [0.05, 0.1) is 13.2 Å². The van der Waals surface area contributed by atoms with Crippen molar-refractivity contribution in [1.29, 1.82) is 0 Å². The molecule has 1 spiro atoms. The Kier molecular flexibility index (Phi) is 6.43. The number of imide groups is 1. The number of carbonyl (C=O) groups is 3. The van der Waals surface area contributed by atoms with E-state index >= 15 is 0 Å². The number of urea groups is 1. The summed E-state index contributed by atoms with van der Waals surface area (Å²) in [6.07, 6.45) is 6.00. The van der Waals surface area contributed by atoms with Crippen LogP contribution in [-0.2, 0) is 9.59 Å². The molecule has 0 radical (unpaired) electrons. The first-order valence-electron chi connectivity index (χ1n) is 12.3. The molecule has 4 amide bonds. The van der Waals surface area contributed by atoms with Crippen molar-refractivity contribution in [3.05, 3.63) is 29.8 Å². The second kappa shape index (κ2) is 8.99. The van der Waals surface area contributed by atoms with Gasteiger partial charge in [-0.3, -0.25) is 14.5 Å². The summed E-state index contributed by atoms with van der Waals surface area (Å²) < 4.78 is 5.24. The lowest BCUT2D eigenvalue weighted by molar-refractivity contribution is -0.140. The van der Waals surface area contributed by atoms with E-state index in [0.717, 1.165) is 48.3 Å². The molecule has 1 aliphatic carbocycles. The molecular formula is C26H37N3O4. The second-order valence-electron chi connectivity index (χ2n) is 10.5. The van der Waals surface area contributed by atoms with E-state index in [9.17, 15) is 14.4 Å². The highest BCUT2D eigenvalue weighted by Gasteiger charge is 2.54. The fraction of sp³-hybridized carbons (Fsp3) is 0.654. The molecule has 2 aliphatic heterocycles. The van der Waals surface area contributed by atoms with Crippen LogP contribution in [0.3, 0.4) is 0 Å². The van der Waals surface area contributed by atoms with Gasteiger partial charge in [0.1, 0.15) is 17.8 Å². The van der Waals surface area contributed by atoms with Crippen LogP contribution in [-0.4, -0.2) is 53.4 Å². The van der Waals surface area contributed by atoms with Gasteiger partial charge in [-0.2, -0.15) is 0 Å². The summed E-state index contributed by atoms with van der Waals surface area (Å²) in [6, 6.07) is 7.29. The lowest BCUT2D eigenvalue weighted by Crippen LogP contribution is -2.51. The third-order valence-corrected chi connectivity index (χ3v) is 8.47. The van der Waals surface area contributed by atoms with Gasteiger partial charge in [0.2, 0.25) is 5.91 Å². The summed E-state index contributed by atoms with van der Waals surface area (Å²) in [5, 5.41) is 2.96. The van der Waals surface area contributed by atoms with Crippen LogP contribution in [0.5, 0.6) is 5.75 Å². The summed E-state index contributed by atoms with van der Waals surface area (Å²) in [6.45, 7) is 7.22. The van der Waals surface area contributed by atoms with E-state index in [0.29, 0.717) is 25.3 Å². The average molecular weight is 456 g/mol. The second-order valence-corrected chi connectivity index (χ2v) is 10.5. The molecule has 1 saturated carbocycles. The number of likely N-dealkylation sites (tertiary alicyclic amines) is 1. The molecule has 180 valence electrons. The van der Waals surface area contributed by atoms with Crippen molar-refractivity contribution in [3.63, 3.8) is 0 Å². The number of nitrogens with one attached hydrogen (secondary N) is 1. The van der Waals surface area contributed by atoms with Crippen molar-refractivity contribution in [1.82, 2.24) is 15.1 Å². The minimum Gasteiger partial charge on any atom is -0.497 e. The Balaban J connectivity index is 1.42. The first-order chi connectivity index (χ1) is 15.7. The first-order valence-corrected chi connectivity index (χ1v) is 12.3. The average Bonchev–Trinajstić information content (AvgIpc) is 3.39. The maximum atomic E-state index is 13.3. The van der Waals surface area contributed by atoms with Crippen LogP contribution < -0.4 is 10.1 Å². The topological polar surface area (TPSA) is 79.0 Å².